The number of carbonyl (C=O) groups excluding carboxylic acids is 2. The van der Waals surface area contributed by atoms with Crippen LogP contribution in [0.1, 0.15) is 40.0 Å². The molecule has 12 heteroatoms. The molecule has 2 heterocycles. The Morgan fingerprint density at radius 1 is 1.16 bits per heavy atom. The summed E-state index contributed by atoms with van der Waals surface area (Å²) in [5.74, 6) is -0.456. The topological polar surface area (TPSA) is 134 Å². The molecule has 3 amide bonds. The molecule has 1 fully saturated rings. The Bertz CT molecular complexity index is 1070. The smallest absolute Gasteiger partial charge is 0.321 e. The summed E-state index contributed by atoms with van der Waals surface area (Å²) in [5.41, 5.74) is 0.00554. The second-order valence-electron chi connectivity index (χ2n) is 8.41. The minimum absolute atomic E-state index is 0.0947. The third-order valence-electron chi connectivity index (χ3n) is 4.51. The molecule has 0 aliphatic carbocycles. The van der Waals surface area contributed by atoms with Crippen molar-refractivity contribution in [3.63, 3.8) is 0 Å². The molecule has 0 unspecified atom stereocenters. The first-order valence-electron chi connectivity index (χ1n) is 10.2. The maximum atomic E-state index is 12.9. The first kappa shape index (κ1) is 24.2. The molecule has 1 aromatic carbocycles. The number of piperidine rings is 1. The van der Waals surface area contributed by atoms with Gasteiger partial charge in [0.05, 0.1) is 10.6 Å². The number of urea groups is 1. The second kappa shape index (κ2) is 10.0. The molecule has 2 aromatic rings. The van der Waals surface area contributed by atoms with E-state index >= 15 is 0 Å². The van der Waals surface area contributed by atoms with Gasteiger partial charge in [0, 0.05) is 24.2 Å². The SMILES string of the molecule is CC(C)(C)NC(=O)NC(=O)CSc1nnc(-c2cccc(S(=O)(=O)N3CCCCC3)c2)o1. The molecule has 0 saturated carbocycles. The van der Waals surface area contributed by atoms with Gasteiger partial charge in [-0.3, -0.25) is 10.1 Å². The Balaban J connectivity index is 1.62. The number of benzene rings is 1. The maximum Gasteiger partial charge on any atom is 0.321 e. The molecule has 1 aliphatic rings. The zero-order valence-corrected chi connectivity index (χ0v) is 19.9. The molecule has 0 spiro atoms. The summed E-state index contributed by atoms with van der Waals surface area (Å²) in [4.78, 5) is 23.9. The van der Waals surface area contributed by atoms with Crippen LogP contribution >= 0.6 is 11.8 Å². The first-order chi connectivity index (χ1) is 15.0. The maximum absolute atomic E-state index is 12.9. The van der Waals surface area contributed by atoms with E-state index in [1.54, 1.807) is 39.0 Å². The van der Waals surface area contributed by atoms with Crippen molar-refractivity contribution in [1.29, 1.82) is 0 Å². The lowest BCUT2D eigenvalue weighted by Crippen LogP contribution is -2.48. The summed E-state index contributed by atoms with van der Waals surface area (Å²) in [7, 11) is -3.58. The largest absolute Gasteiger partial charge is 0.411 e. The standard InChI is InChI=1S/C20H27N5O5S2/c1-20(2,3)22-18(27)21-16(26)13-31-19-24-23-17(30-19)14-8-7-9-15(12-14)32(28,29)25-10-5-4-6-11-25/h7-9,12H,4-6,10-11,13H2,1-3H3,(H2,21,22,26,27). The van der Waals surface area contributed by atoms with Gasteiger partial charge in [-0.25, -0.2) is 13.2 Å². The summed E-state index contributed by atoms with van der Waals surface area (Å²) in [6.45, 7) is 6.45. The molecule has 3 rings (SSSR count). The molecule has 0 bridgehead atoms. The lowest BCUT2D eigenvalue weighted by Gasteiger charge is -2.25. The van der Waals surface area contributed by atoms with E-state index in [1.807, 2.05) is 0 Å². The number of imide groups is 1. The highest BCUT2D eigenvalue weighted by atomic mass is 32.2. The van der Waals surface area contributed by atoms with Gasteiger partial charge in [0.2, 0.25) is 21.8 Å². The van der Waals surface area contributed by atoms with Gasteiger partial charge < -0.3 is 9.73 Å². The third kappa shape index (κ3) is 6.53. The van der Waals surface area contributed by atoms with Crippen LogP contribution in [0.5, 0.6) is 0 Å². The van der Waals surface area contributed by atoms with Crippen LogP contribution in [0, 0.1) is 0 Å². The first-order valence-corrected chi connectivity index (χ1v) is 12.7. The molecule has 32 heavy (non-hydrogen) atoms. The number of amides is 3. The van der Waals surface area contributed by atoms with Crippen LogP contribution in [0.15, 0.2) is 38.8 Å². The van der Waals surface area contributed by atoms with E-state index in [1.165, 1.54) is 10.4 Å². The quantitative estimate of drug-likeness (QED) is 0.601. The number of nitrogens with zero attached hydrogens (tertiary/aromatic N) is 3. The van der Waals surface area contributed by atoms with Crippen molar-refractivity contribution in [2.45, 2.75) is 55.7 Å². The molecule has 1 saturated heterocycles. The monoisotopic (exact) mass is 481 g/mol. The van der Waals surface area contributed by atoms with Crippen molar-refractivity contribution in [3.8, 4) is 11.5 Å². The number of rotatable bonds is 6. The fraction of sp³-hybridized carbons (Fsp3) is 0.500. The molecule has 174 valence electrons. The van der Waals surface area contributed by atoms with Gasteiger partial charge in [0.1, 0.15) is 0 Å². The summed E-state index contributed by atoms with van der Waals surface area (Å²) in [5, 5.41) is 12.8. The predicted octanol–water partition coefficient (Wildman–Crippen LogP) is 2.63. The lowest BCUT2D eigenvalue weighted by molar-refractivity contribution is -0.117. The van der Waals surface area contributed by atoms with Crippen LogP contribution in [0.3, 0.4) is 0 Å². The number of thioether (sulfide) groups is 1. The van der Waals surface area contributed by atoms with E-state index in [9.17, 15) is 18.0 Å². The van der Waals surface area contributed by atoms with Crippen LogP contribution in [-0.2, 0) is 14.8 Å². The minimum atomic E-state index is -3.58. The molecule has 10 nitrogen and oxygen atoms in total. The number of nitrogens with one attached hydrogen (secondary N) is 2. The number of carbonyl (C=O) groups is 2. The van der Waals surface area contributed by atoms with E-state index in [4.69, 9.17) is 4.42 Å². The Labute approximate surface area is 191 Å². The van der Waals surface area contributed by atoms with E-state index < -0.39 is 27.5 Å². The molecule has 1 aromatic heterocycles. The van der Waals surface area contributed by atoms with Crippen LogP contribution in [0.4, 0.5) is 4.79 Å². The number of sulfonamides is 1. The van der Waals surface area contributed by atoms with Gasteiger partial charge in [0.15, 0.2) is 0 Å². The van der Waals surface area contributed by atoms with Crippen molar-refractivity contribution < 1.29 is 22.4 Å². The Kier molecular flexibility index (Phi) is 7.57. The second-order valence-corrected chi connectivity index (χ2v) is 11.3. The fourth-order valence-electron chi connectivity index (χ4n) is 3.09. The lowest BCUT2D eigenvalue weighted by atomic mass is 10.1. The van der Waals surface area contributed by atoms with Crippen molar-refractivity contribution in [1.82, 2.24) is 25.1 Å². The Hall–Kier alpha value is -2.44. The van der Waals surface area contributed by atoms with Gasteiger partial charge in [-0.05, 0) is 51.8 Å². The molecule has 0 atom stereocenters. The van der Waals surface area contributed by atoms with Gasteiger partial charge in [-0.1, -0.05) is 24.2 Å². The zero-order chi connectivity index (χ0) is 23.4. The highest BCUT2D eigenvalue weighted by Gasteiger charge is 2.26. The highest BCUT2D eigenvalue weighted by Crippen LogP contribution is 2.27. The van der Waals surface area contributed by atoms with Gasteiger partial charge in [-0.15, -0.1) is 10.2 Å². The van der Waals surface area contributed by atoms with Crippen LogP contribution < -0.4 is 10.6 Å². The van der Waals surface area contributed by atoms with Crippen molar-refractivity contribution >= 4 is 33.7 Å². The van der Waals surface area contributed by atoms with Crippen LogP contribution in [0.2, 0.25) is 0 Å². The molecule has 2 N–H and O–H groups in total. The van der Waals surface area contributed by atoms with Crippen molar-refractivity contribution in [2.75, 3.05) is 18.8 Å². The zero-order valence-electron chi connectivity index (χ0n) is 18.3. The van der Waals surface area contributed by atoms with Crippen LogP contribution in [-0.4, -0.2) is 59.2 Å². The van der Waals surface area contributed by atoms with Gasteiger partial charge in [-0.2, -0.15) is 4.31 Å². The normalized spacial score (nSPS) is 15.3. The van der Waals surface area contributed by atoms with E-state index in [0.717, 1.165) is 31.0 Å². The van der Waals surface area contributed by atoms with Gasteiger partial charge in [0.25, 0.3) is 5.22 Å². The van der Waals surface area contributed by atoms with E-state index in [2.05, 4.69) is 20.8 Å². The summed E-state index contributed by atoms with van der Waals surface area (Å²) >= 11 is 0.978. The van der Waals surface area contributed by atoms with E-state index in [0.29, 0.717) is 18.7 Å². The molecule has 1 aliphatic heterocycles. The van der Waals surface area contributed by atoms with Crippen molar-refractivity contribution in [3.05, 3.63) is 24.3 Å². The number of hydrogen-bond acceptors (Lipinski definition) is 8. The Morgan fingerprint density at radius 3 is 2.56 bits per heavy atom. The summed E-state index contributed by atoms with van der Waals surface area (Å²) < 4.78 is 32.9. The van der Waals surface area contributed by atoms with Crippen LogP contribution in [0.25, 0.3) is 11.5 Å². The van der Waals surface area contributed by atoms with Gasteiger partial charge >= 0.3 is 6.03 Å². The fourth-order valence-corrected chi connectivity index (χ4v) is 5.22. The highest BCUT2D eigenvalue weighted by molar-refractivity contribution is 7.99. The molecule has 0 radical (unpaired) electrons. The van der Waals surface area contributed by atoms with E-state index in [-0.39, 0.29) is 21.8 Å². The average Bonchev–Trinajstić information content (AvgIpc) is 3.21. The molecular formula is C20H27N5O5S2. The molecular weight excluding hydrogens is 454 g/mol. The number of aromatic nitrogens is 2. The van der Waals surface area contributed by atoms with Crippen molar-refractivity contribution in [2.24, 2.45) is 0 Å². The third-order valence-corrected chi connectivity index (χ3v) is 7.22. The number of hydrogen-bond donors (Lipinski definition) is 2. The Morgan fingerprint density at radius 2 is 1.88 bits per heavy atom. The summed E-state index contributed by atoms with van der Waals surface area (Å²) in [6.07, 6.45) is 2.75. The predicted molar refractivity (Wildman–Crippen MR) is 119 cm³/mol. The summed E-state index contributed by atoms with van der Waals surface area (Å²) in [6, 6.07) is 5.79. The minimum Gasteiger partial charge on any atom is -0.411 e. The average molecular weight is 482 g/mol.